The Hall–Kier alpha value is -2.05. The lowest BCUT2D eigenvalue weighted by molar-refractivity contribution is -0.122. The molecule has 7 heteroatoms. The van der Waals surface area contributed by atoms with Gasteiger partial charge in [-0.1, -0.05) is 25.3 Å². The number of carbonyl (C=O) groups excluding carboxylic acids is 2. The summed E-state index contributed by atoms with van der Waals surface area (Å²) in [6.45, 7) is 5.86. The fraction of sp³-hybridized carbons (Fsp3) is 0.500. The number of halogens is 1. The lowest BCUT2D eigenvalue weighted by Crippen LogP contribution is -2.41. The number of amides is 1. The third-order valence-electron chi connectivity index (χ3n) is 5.89. The molecule has 1 unspecified atom stereocenters. The van der Waals surface area contributed by atoms with Gasteiger partial charge in [0.1, 0.15) is 6.04 Å². The number of nitrogens with one attached hydrogen (secondary N) is 2. The Bertz CT molecular complexity index is 862. The number of hydrogen-bond donors (Lipinski definition) is 2. The van der Waals surface area contributed by atoms with E-state index < -0.39 is 6.04 Å². The van der Waals surface area contributed by atoms with Gasteiger partial charge in [0.25, 0.3) is 0 Å². The molecular weight excluding hydrogens is 430 g/mol. The Kier molecular flexibility index (Phi) is 8.79. The summed E-state index contributed by atoms with van der Waals surface area (Å²) >= 11 is 7.45. The Morgan fingerprint density at radius 1 is 1.16 bits per heavy atom. The molecule has 0 spiro atoms. The van der Waals surface area contributed by atoms with E-state index in [1.807, 2.05) is 35.7 Å². The Balaban J connectivity index is 1.89. The molecule has 5 nitrogen and oxygen atoms in total. The molecule has 1 saturated carbocycles. The van der Waals surface area contributed by atoms with Crippen molar-refractivity contribution in [3.63, 3.8) is 0 Å². The van der Waals surface area contributed by atoms with Gasteiger partial charge in [-0.3, -0.25) is 9.59 Å². The number of anilines is 2. The molecule has 1 aliphatic rings. The second-order valence-electron chi connectivity index (χ2n) is 7.90. The van der Waals surface area contributed by atoms with Gasteiger partial charge in [0, 0.05) is 40.9 Å². The molecule has 0 bridgehead atoms. The Labute approximate surface area is 194 Å². The van der Waals surface area contributed by atoms with Gasteiger partial charge in [0.15, 0.2) is 5.78 Å². The van der Waals surface area contributed by atoms with Crippen molar-refractivity contribution in [1.29, 1.82) is 0 Å². The molecule has 1 fully saturated rings. The minimum atomic E-state index is -0.553. The molecule has 1 aromatic carbocycles. The van der Waals surface area contributed by atoms with Gasteiger partial charge in [-0.15, -0.1) is 22.9 Å². The number of carbonyl (C=O) groups is 2. The van der Waals surface area contributed by atoms with E-state index in [2.05, 4.69) is 29.4 Å². The predicted octanol–water partition coefficient (Wildman–Crippen LogP) is 5.62. The molecule has 1 aliphatic carbocycles. The van der Waals surface area contributed by atoms with Crippen molar-refractivity contribution in [2.24, 2.45) is 0 Å². The maximum atomic E-state index is 13.2. The zero-order chi connectivity index (χ0) is 22.2. The van der Waals surface area contributed by atoms with Crippen LogP contribution < -0.4 is 15.5 Å². The van der Waals surface area contributed by atoms with Crippen LogP contribution >= 0.6 is 22.9 Å². The quantitative estimate of drug-likeness (QED) is 0.356. The summed E-state index contributed by atoms with van der Waals surface area (Å²) in [6, 6.07) is 9.33. The van der Waals surface area contributed by atoms with Crippen LogP contribution in [0.1, 0.15) is 67.2 Å². The number of benzene rings is 1. The molecule has 3 rings (SSSR count). The average molecular weight is 462 g/mol. The van der Waals surface area contributed by atoms with Crippen molar-refractivity contribution < 1.29 is 9.59 Å². The molecule has 0 aliphatic heterocycles. The molecular formula is C24H32ClN3O2S. The van der Waals surface area contributed by atoms with Crippen LogP contribution in [0.5, 0.6) is 0 Å². The molecule has 168 valence electrons. The molecule has 0 saturated heterocycles. The summed E-state index contributed by atoms with van der Waals surface area (Å²) in [5.41, 5.74) is 2.13. The fourth-order valence-electron chi connectivity index (χ4n) is 4.15. The summed E-state index contributed by atoms with van der Waals surface area (Å²) in [7, 11) is 0. The summed E-state index contributed by atoms with van der Waals surface area (Å²) < 4.78 is 0. The Morgan fingerprint density at radius 2 is 1.90 bits per heavy atom. The molecule has 2 N–H and O–H groups in total. The highest BCUT2D eigenvalue weighted by Gasteiger charge is 2.26. The number of nitrogens with zero attached hydrogens (tertiary/aromatic N) is 1. The van der Waals surface area contributed by atoms with Crippen LogP contribution in [0.3, 0.4) is 0 Å². The standard InChI is InChI=1S/C24H32ClN3O2S/c1-3-28(4-2)18-12-13-20(19(15-18)21(29)16-25)27-23(22-11-8-14-31-22)24(30)26-17-9-6-5-7-10-17/h8,11-15,17,23,27H,3-7,9-10,16H2,1-2H3,(H,26,30). The first-order valence-electron chi connectivity index (χ1n) is 11.2. The molecule has 1 heterocycles. The average Bonchev–Trinajstić information content (AvgIpc) is 3.33. The first-order valence-corrected chi connectivity index (χ1v) is 12.6. The van der Waals surface area contributed by atoms with Crippen LogP contribution in [0.2, 0.25) is 0 Å². The smallest absolute Gasteiger partial charge is 0.248 e. The third kappa shape index (κ3) is 6.01. The number of thiophene rings is 1. The van der Waals surface area contributed by atoms with Gasteiger partial charge in [-0.2, -0.15) is 0 Å². The van der Waals surface area contributed by atoms with Crippen molar-refractivity contribution in [2.75, 3.05) is 29.2 Å². The highest BCUT2D eigenvalue weighted by atomic mass is 35.5. The van der Waals surface area contributed by atoms with E-state index in [4.69, 9.17) is 11.6 Å². The molecule has 1 atom stereocenters. The highest BCUT2D eigenvalue weighted by Crippen LogP contribution is 2.30. The third-order valence-corrected chi connectivity index (χ3v) is 7.07. The molecule has 1 amide bonds. The van der Waals surface area contributed by atoms with E-state index in [9.17, 15) is 9.59 Å². The monoisotopic (exact) mass is 461 g/mol. The Morgan fingerprint density at radius 3 is 2.52 bits per heavy atom. The first-order chi connectivity index (χ1) is 15.1. The molecule has 0 radical (unpaired) electrons. The van der Waals surface area contributed by atoms with E-state index in [1.165, 1.54) is 17.8 Å². The van der Waals surface area contributed by atoms with Crippen molar-refractivity contribution in [2.45, 2.75) is 58.0 Å². The summed E-state index contributed by atoms with van der Waals surface area (Å²) in [4.78, 5) is 29.0. The summed E-state index contributed by atoms with van der Waals surface area (Å²) in [5, 5.41) is 8.55. The molecule has 2 aromatic rings. The normalized spacial score (nSPS) is 15.3. The van der Waals surface area contributed by atoms with Gasteiger partial charge < -0.3 is 15.5 Å². The van der Waals surface area contributed by atoms with Crippen LogP contribution in [0.15, 0.2) is 35.7 Å². The fourth-order valence-corrected chi connectivity index (χ4v) is 5.07. The minimum absolute atomic E-state index is 0.0496. The molecule has 1 aromatic heterocycles. The number of rotatable bonds is 10. The van der Waals surface area contributed by atoms with Crippen LogP contribution in [0.25, 0.3) is 0 Å². The van der Waals surface area contributed by atoms with E-state index in [0.717, 1.165) is 49.3 Å². The summed E-state index contributed by atoms with van der Waals surface area (Å²) in [5.74, 6) is -0.309. The van der Waals surface area contributed by atoms with Crippen LogP contribution in [-0.4, -0.2) is 36.7 Å². The second-order valence-corrected chi connectivity index (χ2v) is 9.14. The van der Waals surface area contributed by atoms with Gasteiger partial charge >= 0.3 is 0 Å². The lowest BCUT2D eigenvalue weighted by Gasteiger charge is -2.27. The predicted molar refractivity (Wildman–Crippen MR) is 131 cm³/mol. The largest absolute Gasteiger partial charge is 0.372 e. The maximum absolute atomic E-state index is 13.2. The van der Waals surface area contributed by atoms with Gasteiger partial charge in [0.2, 0.25) is 5.91 Å². The van der Waals surface area contributed by atoms with E-state index in [0.29, 0.717) is 11.3 Å². The van der Waals surface area contributed by atoms with Crippen molar-refractivity contribution in [3.05, 3.63) is 46.2 Å². The number of hydrogen-bond acceptors (Lipinski definition) is 5. The number of Topliss-reactive ketones (excluding diaryl/α,β-unsaturated/α-hetero) is 1. The van der Waals surface area contributed by atoms with Gasteiger partial charge in [-0.05, 0) is 56.3 Å². The van der Waals surface area contributed by atoms with Crippen molar-refractivity contribution in [3.8, 4) is 0 Å². The van der Waals surface area contributed by atoms with Crippen molar-refractivity contribution in [1.82, 2.24) is 5.32 Å². The van der Waals surface area contributed by atoms with Crippen LogP contribution in [0.4, 0.5) is 11.4 Å². The maximum Gasteiger partial charge on any atom is 0.248 e. The van der Waals surface area contributed by atoms with Crippen LogP contribution in [0, 0.1) is 0 Å². The van der Waals surface area contributed by atoms with E-state index in [-0.39, 0.29) is 23.6 Å². The summed E-state index contributed by atoms with van der Waals surface area (Å²) in [6.07, 6.45) is 5.60. The SMILES string of the molecule is CCN(CC)c1ccc(NC(C(=O)NC2CCCCC2)c2cccs2)c(C(=O)CCl)c1. The van der Waals surface area contributed by atoms with E-state index in [1.54, 1.807) is 0 Å². The number of alkyl halides is 1. The van der Waals surface area contributed by atoms with E-state index >= 15 is 0 Å². The molecule has 31 heavy (non-hydrogen) atoms. The van der Waals surface area contributed by atoms with Crippen molar-refractivity contribution >= 4 is 46.0 Å². The topological polar surface area (TPSA) is 61.4 Å². The lowest BCUT2D eigenvalue weighted by atomic mass is 9.95. The zero-order valence-electron chi connectivity index (χ0n) is 18.3. The van der Waals surface area contributed by atoms with Gasteiger partial charge in [-0.25, -0.2) is 0 Å². The first kappa shape index (κ1) is 23.6. The van der Waals surface area contributed by atoms with Gasteiger partial charge in [0.05, 0.1) is 5.88 Å². The second kappa shape index (κ2) is 11.5. The highest BCUT2D eigenvalue weighted by molar-refractivity contribution is 7.10. The zero-order valence-corrected chi connectivity index (χ0v) is 19.9. The minimum Gasteiger partial charge on any atom is -0.372 e. The number of ketones is 1. The van der Waals surface area contributed by atoms with Crippen LogP contribution in [-0.2, 0) is 4.79 Å².